The monoisotopic (exact) mass is 547 g/mol. The van der Waals surface area contributed by atoms with Crippen molar-refractivity contribution in [3.63, 3.8) is 0 Å². The van der Waals surface area contributed by atoms with Crippen LogP contribution in [0.2, 0.25) is 0 Å². The lowest BCUT2D eigenvalue weighted by molar-refractivity contribution is -0.143. The zero-order valence-electron chi connectivity index (χ0n) is 24.1. The van der Waals surface area contributed by atoms with Gasteiger partial charge in [-0.2, -0.15) is 0 Å². The molecule has 8 nitrogen and oxygen atoms in total. The maximum atomic E-state index is 14.4. The first-order valence-corrected chi connectivity index (χ1v) is 13.9. The van der Waals surface area contributed by atoms with E-state index in [1.165, 1.54) is 12.1 Å². The van der Waals surface area contributed by atoms with Crippen LogP contribution in [0, 0.1) is 18.3 Å². The van der Waals surface area contributed by atoms with Gasteiger partial charge in [-0.15, -0.1) is 6.42 Å². The number of hydrogen-bond acceptors (Lipinski definition) is 5. The third-order valence-electron chi connectivity index (χ3n) is 6.79. The second-order valence-electron chi connectivity index (χ2n) is 11.4. The number of benzene rings is 2. The lowest BCUT2D eigenvalue weighted by Gasteiger charge is -2.35. The molecule has 1 saturated carbocycles. The van der Waals surface area contributed by atoms with Gasteiger partial charge in [0.15, 0.2) is 0 Å². The molecule has 2 aromatic rings. The molecule has 40 heavy (non-hydrogen) atoms. The van der Waals surface area contributed by atoms with Gasteiger partial charge in [0.05, 0.1) is 0 Å². The molecule has 0 spiro atoms. The molecule has 3 N–H and O–H groups in total. The zero-order chi connectivity index (χ0) is 29.4. The number of alkyl carbamates (subject to hydrolysis) is 1. The first kappa shape index (κ1) is 30.6. The summed E-state index contributed by atoms with van der Waals surface area (Å²) in [6.07, 6.45) is 7.44. The molecule has 1 fully saturated rings. The smallest absolute Gasteiger partial charge is 0.408 e. The number of carbonyl (C=O) groups excluding carboxylic acids is 3. The third kappa shape index (κ3) is 8.51. The highest BCUT2D eigenvalue weighted by Crippen LogP contribution is 2.41. The Morgan fingerprint density at radius 3 is 2.27 bits per heavy atom. The minimum Gasteiger partial charge on any atom is -0.508 e. The SMILES string of the molecule is C#Cc1ccc(C(C(=O)NCCCC)N(C(=O)C(Cc2ccc(O)cc2)NC(=O)OC(C)(C)C)C2CC2C)cc1. The van der Waals surface area contributed by atoms with Gasteiger partial charge in [0.2, 0.25) is 11.8 Å². The summed E-state index contributed by atoms with van der Waals surface area (Å²) in [6, 6.07) is 11.4. The Balaban J connectivity index is 2.02. The number of hydrogen-bond donors (Lipinski definition) is 3. The van der Waals surface area contributed by atoms with Gasteiger partial charge < -0.3 is 25.4 Å². The van der Waals surface area contributed by atoms with Gasteiger partial charge in [0.1, 0.15) is 23.4 Å². The van der Waals surface area contributed by atoms with Crippen molar-refractivity contribution in [1.82, 2.24) is 15.5 Å². The fraction of sp³-hybridized carbons (Fsp3) is 0.469. The van der Waals surface area contributed by atoms with E-state index >= 15 is 0 Å². The number of ether oxygens (including phenoxy) is 1. The van der Waals surface area contributed by atoms with E-state index in [0.717, 1.165) is 24.8 Å². The number of nitrogens with one attached hydrogen (secondary N) is 2. The van der Waals surface area contributed by atoms with Crippen LogP contribution in [-0.2, 0) is 20.7 Å². The van der Waals surface area contributed by atoms with Crippen LogP contribution in [0.15, 0.2) is 48.5 Å². The normalized spacial score (nSPS) is 17.6. The zero-order valence-corrected chi connectivity index (χ0v) is 24.1. The van der Waals surface area contributed by atoms with Crippen LogP contribution >= 0.6 is 0 Å². The lowest BCUT2D eigenvalue weighted by atomic mass is 9.99. The molecule has 3 rings (SSSR count). The van der Waals surface area contributed by atoms with Crippen LogP contribution < -0.4 is 10.6 Å². The van der Waals surface area contributed by atoms with E-state index in [1.54, 1.807) is 62.1 Å². The Hall–Kier alpha value is -3.99. The first-order valence-electron chi connectivity index (χ1n) is 13.9. The summed E-state index contributed by atoms with van der Waals surface area (Å²) >= 11 is 0. The van der Waals surface area contributed by atoms with E-state index in [9.17, 15) is 19.5 Å². The van der Waals surface area contributed by atoms with Crippen molar-refractivity contribution in [3.05, 3.63) is 65.2 Å². The van der Waals surface area contributed by atoms with Crippen molar-refractivity contribution in [2.75, 3.05) is 6.54 Å². The molecule has 4 unspecified atom stereocenters. The molecule has 214 valence electrons. The molecular formula is C32H41N3O5. The molecule has 8 heteroatoms. The number of phenolic OH excluding ortho intramolecular Hbond substituents is 1. The highest BCUT2D eigenvalue weighted by Gasteiger charge is 2.48. The molecule has 0 bridgehead atoms. The number of unbranched alkanes of at least 4 members (excludes halogenated alkanes) is 1. The van der Waals surface area contributed by atoms with E-state index < -0.39 is 23.8 Å². The molecule has 1 aliphatic rings. The summed E-state index contributed by atoms with van der Waals surface area (Å²) in [5, 5.41) is 15.5. The molecule has 4 atom stereocenters. The fourth-order valence-corrected chi connectivity index (χ4v) is 4.55. The molecule has 0 saturated heterocycles. The van der Waals surface area contributed by atoms with Crippen LogP contribution in [0.1, 0.15) is 76.6 Å². The van der Waals surface area contributed by atoms with Crippen LogP contribution in [0.5, 0.6) is 5.75 Å². The highest BCUT2D eigenvalue weighted by atomic mass is 16.6. The molecule has 0 aromatic heterocycles. The quantitative estimate of drug-likeness (QED) is 0.279. The average Bonchev–Trinajstić information content (AvgIpc) is 3.62. The number of rotatable bonds is 11. The van der Waals surface area contributed by atoms with Crippen LogP contribution in [0.25, 0.3) is 0 Å². The van der Waals surface area contributed by atoms with Gasteiger partial charge >= 0.3 is 6.09 Å². The van der Waals surface area contributed by atoms with Crippen molar-refractivity contribution in [1.29, 1.82) is 0 Å². The van der Waals surface area contributed by atoms with E-state index in [-0.39, 0.29) is 35.9 Å². The molecule has 0 radical (unpaired) electrons. The van der Waals surface area contributed by atoms with Gasteiger partial charge in [0, 0.05) is 24.6 Å². The molecule has 2 aromatic carbocycles. The molecule has 0 aliphatic heterocycles. The number of aromatic hydroxyl groups is 1. The molecular weight excluding hydrogens is 506 g/mol. The van der Waals surface area contributed by atoms with Crippen molar-refractivity contribution in [2.45, 2.75) is 84.0 Å². The number of carbonyl (C=O) groups is 3. The summed E-state index contributed by atoms with van der Waals surface area (Å²) in [5.41, 5.74) is 1.28. The van der Waals surface area contributed by atoms with Crippen molar-refractivity contribution in [3.8, 4) is 18.1 Å². The van der Waals surface area contributed by atoms with Gasteiger partial charge in [0.25, 0.3) is 0 Å². The van der Waals surface area contributed by atoms with Crippen molar-refractivity contribution < 1.29 is 24.2 Å². The first-order chi connectivity index (χ1) is 18.9. The lowest BCUT2D eigenvalue weighted by Crippen LogP contribution is -2.54. The maximum absolute atomic E-state index is 14.4. The van der Waals surface area contributed by atoms with Crippen molar-refractivity contribution >= 4 is 17.9 Å². The topological polar surface area (TPSA) is 108 Å². The largest absolute Gasteiger partial charge is 0.508 e. The number of nitrogens with zero attached hydrogens (tertiary/aromatic N) is 1. The standard InChI is InChI=1S/C32H41N3O5/c1-7-9-18-33-29(37)28(24-14-10-22(8-2)11-15-24)35(27-19-21(27)3)30(38)26(34-31(39)40-32(4,5)6)20-23-12-16-25(36)17-13-23/h2,10-17,21,26-28,36H,7,9,18-20H2,1,3-6H3,(H,33,37)(H,34,39). The molecule has 0 heterocycles. The maximum Gasteiger partial charge on any atom is 0.408 e. The Morgan fingerprint density at radius 2 is 1.75 bits per heavy atom. The van der Waals surface area contributed by atoms with Crippen LogP contribution in [0.4, 0.5) is 4.79 Å². The second-order valence-corrected chi connectivity index (χ2v) is 11.4. The molecule has 1 aliphatic carbocycles. The number of terminal acetylenes is 1. The van der Waals surface area contributed by atoms with Gasteiger partial charge in [-0.05, 0) is 74.9 Å². The predicted molar refractivity (Wildman–Crippen MR) is 154 cm³/mol. The van der Waals surface area contributed by atoms with E-state index in [2.05, 4.69) is 16.6 Å². The van der Waals surface area contributed by atoms with Crippen LogP contribution in [0.3, 0.4) is 0 Å². The summed E-state index contributed by atoms with van der Waals surface area (Å²) in [7, 11) is 0. The summed E-state index contributed by atoms with van der Waals surface area (Å²) < 4.78 is 5.48. The number of amides is 3. The number of phenols is 1. The van der Waals surface area contributed by atoms with E-state index in [0.29, 0.717) is 17.7 Å². The minimum absolute atomic E-state index is 0.0967. The van der Waals surface area contributed by atoms with E-state index in [1.807, 2.05) is 13.8 Å². The summed E-state index contributed by atoms with van der Waals surface area (Å²) in [5.74, 6) is 2.21. The Kier molecular flexibility index (Phi) is 10.2. The minimum atomic E-state index is -1.01. The second kappa shape index (κ2) is 13.4. The third-order valence-corrected chi connectivity index (χ3v) is 6.79. The highest BCUT2D eigenvalue weighted by molar-refractivity contribution is 5.92. The van der Waals surface area contributed by atoms with Gasteiger partial charge in [-0.25, -0.2) is 4.79 Å². The predicted octanol–water partition coefficient (Wildman–Crippen LogP) is 4.70. The van der Waals surface area contributed by atoms with Crippen molar-refractivity contribution in [2.24, 2.45) is 5.92 Å². The van der Waals surface area contributed by atoms with Gasteiger partial charge in [-0.3, -0.25) is 9.59 Å². The average molecular weight is 548 g/mol. The summed E-state index contributed by atoms with van der Waals surface area (Å²) in [4.78, 5) is 42.6. The Morgan fingerprint density at radius 1 is 1.12 bits per heavy atom. The molecule has 3 amide bonds. The van der Waals surface area contributed by atoms with Crippen LogP contribution in [-0.4, -0.2) is 52.1 Å². The Bertz CT molecular complexity index is 1210. The fourth-order valence-electron chi connectivity index (χ4n) is 4.55. The summed E-state index contributed by atoms with van der Waals surface area (Å²) in [6.45, 7) is 9.81. The Labute approximate surface area is 237 Å². The van der Waals surface area contributed by atoms with Gasteiger partial charge in [-0.1, -0.05) is 50.5 Å². The van der Waals surface area contributed by atoms with E-state index in [4.69, 9.17) is 11.2 Å².